The van der Waals surface area contributed by atoms with Gasteiger partial charge in [-0.05, 0) is 30.8 Å². The number of rotatable bonds is 8. The number of piperazine rings is 1. The number of nitrogens with zero attached hydrogens (tertiary/aromatic N) is 5. The van der Waals surface area contributed by atoms with Gasteiger partial charge in [0.1, 0.15) is 5.82 Å². The highest BCUT2D eigenvalue weighted by molar-refractivity contribution is 7.98. The molecular weight excluding hydrogens is 439 g/mol. The third-order valence-electron chi connectivity index (χ3n) is 5.28. The molecule has 6 nitrogen and oxygen atoms in total. The van der Waals surface area contributed by atoms with Gasteiger partial charge in [-0.2, -0.15) is 8.78 Å². The molecule has 0 spiro atoms. The van der Waals surface area contributed by atoms with Gasteiger partial charge in [0.15, 0.2) is 0 Å². The Kier molecular flexibility index (Phi) is 7.33. The number of aromatic nitrogens is 2. The van der Waals surface area contributed by atoms with Crippen molar-refractivity contribution in [3.05, 3.63) is 65.8 Å². The molecule has 0 atom stereocenters. The monoisotopic (exact) mass is 463 g/mol. The molecular formula is C22H24F3N5OS. The Hall–Kier alpha value is -2.56. The van der Waals surface area contributed by atoms with Crippen LogP contribution < -0.4 is 4.31 Å². The summed E-state index contributed by atoms with van der Waals surface area (Å²) < 4.78 is 49.6. The predicted octanol–water partition coefficient (Wildman–Crippen LogP) is 5.02. The molecule has 1 saturated heterocycles. The minimum absolute atomic E-state index is 0.131. The molecule has 10 heteroatoms. The number of para-hydroxylation sites is 1. The van der Waals surface area contributed by atoms with Crippen LogP contribution in [0.1, 0.15) is 24.8 Å². The molecule has 0 unspecified atom stereocenters. The van der Waals surface area contributed by atoms with Gasteiger partial charge in [-0.1, -0.05) is 31.2 Å². The van der Waals surface area contributed by atoms with Crippen LogP contribution in [0.25, 0.3) is 11.5 Å². The van der Waals surface area contributed by atoms with Crippen molar-refractivity contribution in [3.8, 4) is 11.5 Å². The van der Waals surface area contributed by atoms with Crippen LogP contribution in [-0.2, 0) is 6.54 Å². The second-order valence-electron chi connectivity index (χ2n) is 7.37. The van der Waals surface area contributed by atoms with Gasteiger partial charge in [0.25, 0.3) is 5.89 Å². The number of benzene rings is 2. The summed E-state index contributed by atoms with van der Waals surface area (Å²) in [4.78, 5) is 2.40. The Labute approximate surface area is 189 Å². The van der Waals surface area contributed by atoms with Crippen molar-refractivity contribution in [2.24, 2.45) is 0 Å². The van der Waals surface area contributed by atoms with E-state index in [2.05, 4.69) is 30.6 Å². The lowest BCUT2D eigenvalue weighted by Crippen LogP contribution is -2.44. The summed E-state index contributed by atoms with van der Waals surface area (Å²) >= 11 is 1.59. The maximum Gasteiger partial charge on any atom is 0.314 e. The lowest BCUT2D eigenvalue weighted by atomic mass is 10.1. The predicted molar refractivity (Wildman–Crippen MR) is 119 cm³/mol. The minimum atomic E-state index is -2.86. The normalized spacial score (nSPS) is 15.4. The van der Waals surface area contributed by atoms with Crippen LogP contribution in [0.3, 0.4) is 0 Å². The molecule has 1 aliphatic heterocycles. The number of hydrogen-bond acceptors (Lipinski definition) is 7. The van der Waals surface area contributed by atoms with E-state index < -0.39 is 18.1 Å². The van der Waals surface area contributed by atoms with Crippen molar-refractivity contribution in [1.29, 1.82) is 0 Å². The van der Waals surface area contributed by atoms with Crippen molar-refractivity contribution < 1.29 is 17.6 Å². The lowest BCUT2D eigenvalue weighted by molar-refractivity contribution is 0.116. The van der Waals surface area contributed by atoms with Gasteiger partial charge < -0.3 is 9.32 Å². The maximum absolute atomic E-state index is 15.0. The number of anilines is 1. The Bertz CT molecular complexity index is 1010. The third-order valence-corrected chi connectivity index (χ3v) is 6.41. The number of halogens is 3. The Morgan fingerprint density at radius 2 is 1.81 bits per heavy atom. The van der Waals surface area contributed by atoms with E-state index >= 15 is 0 Å². The van der Waals surface area contributed by atoms with Gasteiger partial charge in [0, 0.05) is 55.1 Å². The zero-order valence-corrected chi connectivity index (χ0v) is 18.4. The van der Waals surface area contributed by atoms with Crippen LogP contribution in [0, 0.1) is 5.82 Å². The average molecular weight is 464 g/mol. The number of alkyl halides is 2. The summed E-state index contributed by atoms with van der Waals surface area (Å²) in [5.41, 5.74) is 1.71. The van der Waals surface area contributed by atoms with Gasteiger partial charge >= 0.3 is 6.43 Å². The Balaban J connectivity index is 1.51. The summed E-state index contributed by atoms with van der Waals surface area (Å²) in [6.07, 6.45) is -2.86. The highest BCUT2D eigenvalue weighted by Crippen LogP contribution is 2.30. The van der Waals surface area contributed by atoms with Crippen LogP contribution in [0.5, 0.6) is 0 Å². The topological polar surface area (TPSA) is 48.6 Å². The first-order chi connectivity index (χ1) is 15.5. The molecule has 1 aromatic heterocycles. The first kappa shape index (κ1) is 22.6. The highest BCUT2D eigenvalue weighted by atomic mass is 32.2. The van der Waals surface area contributed by atoms with Crippen molar-refractivity contribution in [3.63, 3.8) is 0 Å². The fourth-order valence-electron chi connectivity index (χ4n) is 3.43. The molecule has 0 N–H and O–H groups in total. The van der Waals surface area contributed by atoms with Gasteiger partial charge in [0.2, 0.25) is 5.89 Å². The van der Waals surface area contributed by atoms with Crippen molar-refractivity contribution >= 4 is 17.8 Å². The summed E-state index contributed by atoms with van der Waals surface area (Å²) in [6.45, 7) is 7.38. The van der Waals surface area contributed by atoms with E-state index in [1.807, 2.05) is 30.3 Å². The fraction of sp³-hybridized carbons (Fsp3) is 0.364. The SMILES string of the molecule is CCN1CCN(SN(Cc2ccc(-c3nnc(C(F)F)o3)cc2F)c2ccccc2)CC1. The van der Waals surface area contributed by atoms with E-state index in [1.165, 1.54) is 6.07 Å². The minimum Gasteiger partial charge on any atom is -0.415 e. The molecule has 32 heavy (non-hydrogen) atoms. The van der Waals surface area contributed by atoms with Crippen molar-refractivity contribution in [1.82, 2.24) is 19.4 Å². The second kappa shape index (κ2) is 10.4. The molecule has 4 rings (SSSR count). The largest absolute Gasteiger partial charge is 0.415 e. The maximum atomic E-state index is 15.0. The molecule has 0 radical (unpaired) electrons. The molecule has 3 aromatic rings. The van der Waals surface area contributed by atoms with Gasteiger partial charge in [0.05, 0.1) is 6.54 Å². The summed E-state index contributed by atoms with van der Waals surface area (Å²) in [7, 11) is 0. The highest BCUT2D eigenvalue weighted by Gasteiger charge is 2.22. The molecule has 1 aliphatic rings. The molecule has 170 valence electrons. The molecule has 0 amide bonds. The quantitative estimate of drug-likeness (QED) is 0.435. The molecule has 2 aromatic carbocycles. The summed E-state index contributed by atoms with van der Waals surface area (Å²) in [6, 6.07) is 14.3. The van der Waals surface area contributed by atoms with Gasteiger partial charge in [-0.3, -0.25) is 4.31 Å². The first-order valence-electron chi connectivity index (χ1n) is 10.4. The van der Waals surface area contributed by atoms with Crippen molar-refractivity contribution in [2.45, 2.75) is 19.9 Å². The average Bonchev–Trinajstić information content (AvgIpc) is 3.32. The standard InChI is InChI=1S/C22H24F3N5OS/c1-2-28-10-12-29(13-11-28)32-30(18-6-4-3-5-7-18)15-17-9-8-16(14-19(17)23)21-26-27-22(31-21)20(24)25/h3-9,14,20H,2,10-13,15H2,1H3. The number of hydrogen-bond donors (Lipinski definition) is 0. The van der Waals surface area contributed by atoms with E-state index in [9.17, 15) is 13.2 Å². The van der Waals surface area contributed by atoms with Crippen molar-refractivity contribution in [2.75, 3.05) is 37.0 Å². The molecule has 0 aliphatic carbocycles. The molecule has 1 fully saturated rings. The van der Waals surface area contributed by atoms with E-state index in [4.69, 9.17) is 4.42 Å². The Morgan fingerprint density at radius 1 is 1.06 bits per heavy atom. The molecule has 2 heterocycles. The van der Waals surface area contributed by atoms with E-state index in [-0.39, 0.29) is 11.5 Å². The summed E-state index contributed by atoms with van der Waals surface area (Å²) in [5.74, 6) is -1.37. The molecule has 0 saturated carbocycles. The lowest BCUT2D eigenvalue weighted by Gasteiger charge is -2.36. The van der Waals surface area contributed by atoms with Gasteiger partial charge in [-0.15, -0.1) is 10.2 Å². The van der Waals surface area contributed by atoms with E-state index in [0.717, 1.165) is 38.4 Å². The van der Waals surface area contributed by atoms with Crippen LogP contribution in [0.4, 0.5) is 18.9 Å². The van der Waals surface area contributed by atoms with E-state index in [1.54, 1.807) is 24.3 Å². The number of likely N-dealkylation sites (N-methyl/N-ethyl adjacent to an activating group) is 1. The second-order valence-corrected chi connectivity index (χ2v) is 8.49. The van der Waals surface area contributed by atoms with Crippen LogP contribution in [-0.4, -0.2) is 52.1 Å². The van der Waals surface area contributed by atoms with Gasteiger partial charge in [-0.25, -0.2) is 8.70 Å². The van der Waals surface area contributed by atoms with Crippen LogP contribution in [0.15, 0.2) is 52.9 Å². The van der Waals surface area contributed by atoms with Crippen LogP contribution in [0.2, 0.25) is 0 Å². The van der Waals surface area contributed by atoms with Crippen LogP contribution >= 0.6 is 12.1 Å². The fourth-order valence-corrected chi connectivity index (χ4v) is 4.45. The first-order valence-corrected chi connectivity index (χ1v) is 11.1. The smallest absolute Gasteiger partial charge is 0.314 e. The third kappa shape index (κ3) is 5.43. The Morgan fingerprint density at radius 3 is 2.44 bits per heavy atom. The summed E-state index contributed by atoms with van der Waals surface area (Å²) in [5, 5.41) is 6.89. The molecule has 0 bridgehead atoms. The zero-order chi connectivity index (χ0) is 22.5. The zero-order valence-electron chi connectivity index (χ0n) is 17.6. The van der Waals surface area contributed by atoms with E-state index in [0.29, 0.717) is 12.1 Å².